The fourth-order valence-corrected chi connectivity index (χ4v) is 5.42. The van der Waals surface area contributed by atoms with Gasteiger partial charge in [0.25, 0.3) is 0 Å². The summed E-state index contributed by atoms with van der Waals surface area (Å²) < 4.78 is 36.3. The average molecular weight is 389 g/mol. The van der Waals surface area contributed by atoms with Crippen LogP contribution in [0.4, 0.5) is 8.78 Å². The highest BCUT2D eigenvalue weighted by Crippen LogP contribution is 2.47. The molecule has 3 atom stereocenters. The predicted molar refractivity (Wildman–Crippen MR) is 93.7 cm³/mol. The Balaban J connectivity index is 1.74. The molecule has 1 aromatic rings. The number of aliphatic hydroxyl groups excluding tert-OH is 1. The first-order chi connectivity index (χ1) is 12.3. The van der Waals surface area contributed by atoms with Crippen LogP contribution in [0.25, 0.3) is 0 Å². The Labute approximate surface area is 155 Å². The molecule has 1 saturated heterocycles. The van der Waals surface area contributed by atoms with E-state index in [2.05, 4.69) is 9.64 Å². The number of esters is 1. The lowest BCUT2D eigenvalue weighted by molar-refractivity contribution is -0.153. The average Bonchev–Trinajstić information content (AvgIpc) is 3.00. The molecule has 8 heteroatoms. The van der Waals surface area contributed by atoms with Crippen molar-refractivity contribution in [3.63, 3.8) is 0 Å². The number of carbonyl (C=O) groups excluding carboxylic acids is 1. The zero-order valence-corrected chi connectivity index (χ0v) is 15.9. The Morgan fingerprint density at radius 1 is 1.58 bits per heavy atom. The highest BCUT2D eigenvalue weighted by atomic mass is 32.1. The molecule has 0 bridgehead atoms. The van der Waals surface area contributed by atoms with Gasteiger partial charge in [-0.2, -0.15) is 0 Å². The van der Waals surface area contributed by atoms with E-state index >= 15 is 0 Å². The first-order valence-corrected chi connectivity index (χ1v) is 9.70. The monoisotopic (exact) mass is 389 g/mol. The molecule has 1 N–H and O–H groups in total. The number of likely N-dealkylation sites (tertiary alicyclic amines) is 1. The molecule has 0 radical (unpaired) electrons. The molecule has 2 aliphatic heterocycles. The zero-order chi connectivity index (χ0) is 18.9. The number of piperidine rings is 1. The molecule has 2 aliphatic rings. The Morgan fingerprint density at radius 3 is 3.00 bits per heavy atom. The van der Waals surface area contributed by atoms with Crippen LogP contribution in [0.1, 0.15) is 35.1 Å². The number of hydrogen-bond acceptors (Lipinski definition) is 6. The molecule has 0 amide bonds. The SMILES string of the molecule is COC(=O)[C@@H](O)CN1CC[C@]2(C[C@@H]1C)OCCc1cc(CC(F)F)sc12. The molecule has 1 spiro atoms. The molecule has 1 aromatic heterocycles. The number of hydrogen-bond donors (Lipinski definition) is 1. The minimum atomic E-state index is -2.34. The van der Waals surface area contributed by atoms with Gasteiger partial charge in [0.1, 0.15) is 5.60 Å². The number of rotatable bonds is 5. The predicted octanol–water partition coefficient (Wildman–Crippen LogP) is 2.34. The molecular formula is C18H25F2NO4S. The molecule has 0 unspecified atom stereocenters. The quantitative estimate of drug-likeness (QED) is 0.784. The minimum Gasteiger partial charge on any atom is -0.467 e. The lowest BCUT2D eigenvalue weighted by atomic mass is 9.82. The minimum absolute atomic E-state index is 0.0923. The Morgan fingerprint density at radius 2 is 2.35 bits per heavy atom. The van der Waals surface area contributed by atoms with Crippen molar-refractivity contribution in [2.75, 3.05) is 26.8 Å². The van der Waals surface area contributed by atoms with E-state index in [1.165, 1.54) is 18.4 Å². The number of nitrogens with zero attached hydrogens (tertiary/aromatic N) is 1. The topological polar surface area (TPSA) is 59.0 Å². The van der Waals surface area contributed by atoms with Gasteiger partial charge in [-0.1, -0.05) is 0 Å². The van der Waals surface area contributed by atoms with Crippen LogP contribution in [-0.4, -0.2) is 61.4 Å². The standard InChI is InChI=1S/C18H25F2NO4S/c1-11-9-18(4-5-21(11)10-14(22)17(23)24-2)16-12(3-6-25-18)7-13(26-16)8-15(19)20/h7,11,14-15,22H,3-6,8-10H2,1-2H3/t11-,14-,18+/m0/s1. The van der Waals surface area contributed by atoms with Crippen LogP contribution in [0.5, 0.6) is 0 Å². The van der Waals surface area contributed by atoms with Crippen LogP contribution in [0, 0.1) is 0 Å². The number of β-amino-alcohol motifs (C(OH)–C–C–N with tert-alkyl or cyclic N) is 1. The largest absolute Gasteiger partial charge is 0.467 e. The summed E-state index contributed by atoms with van der Waals surface area (Å²) in [4.78, 5) is 15.3. The molecule has 0 aliphatic carbocycles. The summed E-state index contributed by atoms with van der Waals surface area (Å²) in [7, 11) is 1.26. The summed E-state index contributed by atoms with van der Waals surface area (Å²) >= 11 is 1.45. The molecule has 0 aromatic carbocycles. The van der Waals surface area contributed by atoms with Crippen LogP contribution in [-0.2, 0) is 32.7 Å². The highest BCUT2D eigenvalue weighted by Gasteiger charge is 2.45. The third-order valence-corrected chi connectivity index (χ3v) is 6.70. The Bertz CT molecular complexity index is 653. The number of thiophene rings is 1. The normalized spacial score (nSPS) is 27.5. The number of aliphatic hydroxyl groups is 1. The smallest absolute Gasteiger partial charge is 0.336 e. The van der Waals surface area contributed by atoms with Crippen molar-refractivity contribution < 1.29 is 28.2 Å². The fraction of sp³-hybridized carbons (Fsp3) is 0.722. The van der Waals surface area contributed by atoms with Gasteiger partial charge in [-0.15, -0.1) is 11.3 Å². The van der Waals surface area contributed by atoms with Crippen LogP contribution in [0.15, 0.2) is 6.07 Å². The van der Waals surface area contributed by atoms with E-state index in [0.717, 1.165) is 16.9 Å². The number of carbonyl (C=O) groups is 1. The van der Waals surface area contributed by atoms with Crippen LogP contribution >= 0.6 is 11.3 Å². The first kappa shape index (κ1) is 19.7. The molecule has 5 nitrogen and oxygen atoms in total. The Kier molecular flexibility index (Phi) is 5.96. The van der Waals surface area contributed by atoms with E-state index in [4.69, 9.17) is 4.74 Å². The summed E-state index contributed by atoms with van der Waals surface area (Å²) in [6.07, 6.45) is -1.53. The highest BCUT2D eigenvalue weighted by molar-refractivity contribution is 7.12. The van der Waals surface area contributed by atoms with Gasteiger partial charge >= 0.3 is 5.97 Å². The van der Waals surface area contributed by atoms with E-state index in [1.807, 2.05) is 13.0 Å². The van der Waals surface area contributed by atoms with Crippen molar-refractivity contribution in [3.05, 3.63) is 21.4 Å². The molecule has 3 rings (SSSR count). The molecule has 0 saturated carbocycles. The molecule has 146 valence electrons. The number of methoxy groups -OCH3 is 1. The number of fused-ring (bicyclic) bond motifs is 2. The lowest BCUT2D eigenvalue weighted by Crippen LogP contribution is -2.52. The van der Waals surface area contributed by atoms with Crippen molar-refractivity contribution in [3.8, 4) is 0 Å². The summed E-state index contributed by atoms with van der Waals surface area (Å²) in [6, 6.07) is 2.00. The van der Waals surface area contributed by atoms with Crippen molar-refractivity contribution >= 4 is 17.3 Å². The van der Waals surface area contributed by atoms with E-state index in [1.54, 1.807) is 0 Å². The maximum atomic E-state index is 12.8. The van der Waals surface area contributed by atoms with Gasteiger partial charge in [-0.25, -0.2) is 13.6 Å². The van der Waals surface area contributed by atoms with Crippen molar-refractivity contribution in [1.29, 1.82) is 0 Å². The van der Waals surface area contributed by atoms with Crippen molar-refractivity contribution in [1.82, 2.24) is 4.90 Å². The third kappa shape index (κ3) is 3.93. The summed E-state index contributed by atoms with van der Waals surface area (Å²) in [5, 5.41) is 9.92. The number of ether oxygens (including phenoxy) is 2. The number of alkyl halides is 2. The fourth-order valence-electron chi connectivity index (χ4n) is 4.03. The van der Waals surface area contributed by atoms with Crippen LogP contribution < -0.4 is 0 Å². The first-order valence-electron chi connectivity index (χ1n) is 8.89. The van der Waals surface area contributed by atoms with Gasteiger partial charge in [0, 0.05) is 35.3 Å². The summed E-state index contributed by atoms with van der Waals surface area (Å²) in [5.41, 5.74) is 0.692. The summed E-state index contributed by atoms with van der Waals surface area (Å²) in [5.74, 6) is -0.636. The van der Waals surface area contributed by atoms with E-state index in [9.17, 15) is 18.7 Å². The second-order valence-electron chi connectivity index (χ2n) is 7.09. The lowest BCUT2D eigenvalue weighted by Gasteiger charge is -2.47. The molecular weight excluding hydrogens is 364 g/mol. The number of halogens is 2. The summed E-state index contributed by atoms with van der Waals surface area (Å²) in [6.45, 7) is 3.51. The van der Waals surface area contributed by atoms with Gasteiger partial charge in [-0.05, 0) is 37.8 Å². The van der Waals surface area contributed by atoms with Crippen LogP contribution in [0.2, 0.25) is 0 Å². The van der Waals surface area contributed by atoms with Gasteiger partial charge in [0.2, 0.25) is 6.43 Å². The second kappa shape index (κ2) is 7.88. The second-order valence-corrected chi connectivity index (χ2v) is 8.23. The Hall–Kier alpha value is -1.09. The van der Waals surface area contributed by atoms with Gasteiger partial charge in [0.05, 0.1) is 13.7 Å². The van der Waals surface area contributed by atoms with E-state index in [-0.39, 0.29) is 19.0 Å². The van der Waals surface area contributed by atoms with Gasteiger partial charge in [0.15, 0.2) is 6.10 Å². The van der Waals surface area contributed by atoms with Crippen molar-refractivity contribution in [2.45, 2.75) is 56.8 Å². The van der Waals surface area contributed by atoms with Crippen molar-refractivity contribution in [2.24, 2.45) is 0 Å². The van der Waals surface area contributed by atoms with E-state index < -0.39 is 24.1 Å². The maximum absolute atomic E-state index is 12.8. The molecule has 3 heterocycles. The van der Waals surface area contributed by atoms with Gasteiger partial charge < -0.3 is 14.6 Å². The maximum Gasteiger partial charge on any atom is 0.336 e. The molecule has 26 heavy (non-hydrogen) atoms. The zero-order valence-electron chi connectivity index (χ0n) is 15.0. The van der Waals surface area contributed by atoms with Gasteiger partial charge in [-0.3, -0.25) is 4.90 Å². The van der Waals surface area contributed by atoms with Crippen LogP contribution in [0.3, 0.4) is 0 Å². The molecule has 1 fully saturated rings. The van der Waals surface area contributed by atoms with E-state index in [0.29, 0.717) is 30.9 Å². The third-order valence-electron chi connectivity index (χ3n) is 5.31.